The first-order chi connectivity index (χ1) is 14.1. The minimum Gasteiger partial charge on any atom is -0.463 e. The Hall–Kier alpha value is -1.09. The zero-order valence-corrected chi connectivity index (χ0v) is 19.4. The molecule has 1 rings (SSSR count). The fourth-order valence-corrected chi connectivity index (χ4v) is 3.62. The van der Waals surface area contributed by atoms with E-state index in [-0.39, 0.29) is 17.5 Å². The second kappa shape index (κ2) is 16.7. The number of unbranched alkanes of at least 4 members (excludes halogenated alkanes) is 8. The van der Waals surface area contributed by atoms with Crippen molar-refractivity contribution in [2.24, 2.45) is 5.41 Å². The molecule has 0 radical (unpaired) electrons. The fourth-order valence-electron chi connectivity index (χ4n) is 3.62. The van der Waals surface area contributed by atoms with Gasteiger partial charge in [0.05, 0.1) is 11.5 Å². The van der Waals surface area contributed by atoms with Crippen LogP contribution in [0.15, 0.2) is 24.3 Å². The molecule has 0 aromatic heterocycles. The van der Waals surface area contributed by atoms with E-state index >= 15 is 0 Å². The predicted molar refractivity (Wildman–Crippen MR) is 123 cm³/mol. The summed E-state index contributed by atoms with van der Waals surface area (Å²) < 4.78 is 11.0. The smallest absolute Gasteiger partial charge is 0.311 e. The molecule has 29 heavy (non-hydrogen) atoms. The Morgan fingerprint density at radius 1 is 0.966 bits per heavy atom. The SMILES string of the molecule is CCCCC/C=C\C/C=C\CCCCCCCC(C)(C)C(=O)OCC1CCCO1. The van der Waals surface area contributed by atoms with Gasteiger partial charge in [0.1, 0.15) is 6.61 Å². The lowest BCUT2D eigenvalue weighted by Crippen LogP contribution is -2.29. The Morgan fingerprint density at radius 3 is 2.28 bits per heavy atom. The van der Waals surface area contributed by atoms with Gasteiger partial charge in [-0.25, -0.2) is 0 Å². The van der Waals surface area contributed by atoms with Crippen LogP contribution in [0.4, 0.5) is 0 Å². The topological polar surface area (TPSA) is 35.5 Å². The lowest BCUT2D eigenvalue weighted by Gasteiger charge is -2.23. The maximum Gasteiger partial charge on any atom is 0.311 e. The summed E-state index contributed by atoms with van der Waals surface area (Å²) in [6.45, 7) is 7.49. The van der Waals surface area contributed by atoms with Crippen LogP contribution in [0.5, 0.6) is 0 Å². The number of hydrogen-bond donors (Lipinski definition) is 0. The summed E-state index contributed by atoms with van der Waals surface area (Å²) >= 11 is 0. The third-order valence-electron chi connectivity index (χ3n) is 5.73. The van der Waals surface area contributed by atoms with Crippen molar-refractivity contribution in [1.82, 2.24) is 0 Å². The Labute approximate surface area is 180 Å². The normalized spacial score (nSPS) is 17.6. The van der Waals surface area contributed by atoms with Crippen molar-refractivity contribution in [3.8, 4) is 0 Å². The molecule has 0 aromatic rings. The van der Waals surface area contributed by atoms with Gasteiger partial charge in [-0.3, -0.25) is 4.79 Å². The molecule has 0 aliphatic carbocycles. The summed E-state index contributed by atoms with van der Waals surface area (Å²) in [5.41, 5.74) is -0.384. The number of rotatable bonds is 17. The van der Waals surface area contributed by atoms with Gasteiger partial charge in [-0.1, -0.05) is 69.8 Å². The number of carbonyl (C=O) groups excluding carboxylic acids is 1. The van der Waals surface area contributed by atoms with Gasteiger partial charge in [-0.05, 0) is 65.2 Å². The van der Waals surface area contributed by atoms with E-state index in [0.717, 1.165) is 38.7 Å². The molecule has 1 fully saturated rings. The van der Waals surface area contributed by atoms with E-state index in [2.05, 4.69) is 31.2 Å². The van der Waals surface area contributed by atoms with Crippen LogP contribution in [0.3, 0.4) is 0 Å². The van der Waals surface area contributed by atoms with Crippen molar-refractivity contribution in [1.29, 1.82) is 0 Å². The average Bonchev–Trinajstić information content (AvgIpc) is 3.22. The van der Waals surface area contributed by atoms with E-state index < -0.39 is 0 Å². The molecule has 0 saturated carbocycles. The summed E-state index contributed by atoms with van der Waals surface area (Å²) in [5.74, 6) is -0.0717. The Morgan fingerprint density at radius 2 is 1.62 bits per heavy atom. The van der Waals surface area contributed by atoms with Gasteiger partial charge in [0.25, 0.3) is 0 Å². The van der Waals surface area contributed by atoms with Crippen molar-refractivity contribution >= 4 is 5.97 Å². The van der Waals surface area contributed by atoms with Crippen molar-refractivity contribution in [2.75, 3.05) is 13.2 Å². The summed E-state index contributed by atoms with van der Waals surface area (Å²) in [6.07, 6.45) is 25.9. The van der Waals surface area contributed by atoms with E-state index in [1.165, 1.54) is 57.8 Å². The first-order valence-corrected chi connectivity index (χ1v) is 12.1. The third kappa shape index (κ3) is 13.7. The summed E-state index contributed by atoms with van der Waals surface area (Å²) in [5, 5.41) is 0. The first kappa shape index (κ1) is 25.9. The standard InChI is InChI=1S/C26H46O3/c1-4-5-6-7-8-9-10-11-12-13-14-15-16-17-18-21-26(2,3)25(27)29-23-24-20-19-22-28-24/h8-9,11-12,24H,4-7,10,13-23H2,1-3H3/b9-8-,12-11-. The third-order valence-corrected chi connectivity index (χ3v) is 5.73. The van der Waals surface area contributed by atoms with Crippen LogP contribution >= 0.6 is 0 Å². The number of carbonyl (C=O) groups is 1. The second-order valence-electron chi connectivity index (χ2n) is 9.10. The molecule has 0 N–H and O–H groups in total. The number of esters is 1. The van der Waals surface area contributed by atoms with Crippen LogP contribution in [-0.4, -0.2) is 25.3 Å². The van der Waals surface area contributed by atoms with Crippen LogP contribution in [0.1, 0.15) is 111 Å². The van der Waals surface area contributed by atoms with E-state index in [0.29, 0.717) is 6.61 Å². The highest BCUT2D eigenvalue weighted by Crippen LogP contribution is 2.26. The highest BCUT2D eigenvalue weighted by Gasteiger charge is 2.30. The zero-order valence-electron chi connectivity index (χ0n) is 19.4. The van der Waals surface area contributed by atoms with Gasteiger partial charge in [0.2, 0.25) is 0 Å². The monoisotopic (exact) mass is 406 g/mol. The van der Waals surface area contributed by atoms with Crippen LogP contribution in [0, 0.1) is 5.41 Å². The van der Waals surface area contributed by atoms with Gasteiger partial charge in [0, 0.05) is 6.61 Å². The Kier molecular flexibility index (Phi) is 14.9. The minimum absolute atomic E-state index is 0.0717. The molecule has 1 atom stereocenters. The largest absolute Gasteiger partial charge is 0.463 e. The zero-order chi connectivity index (χ0) is 21.2. The van der Waals surface area contributed by atoms with Crippen molar-refractivity contribution in [3.63, 3.8) is 0 Å². The highest BCUT2D eigenvalue weighted by molar-refractivity contribution is 5.75. The maximum atomic E-state index is 12.3. The molecule has 168 valence electrons. The molecule has 3 heteroatoms. The van der Waals surface area contributed by atoms with Crippen LogP contribution in [-0.2, 0) is 14.3 Å². The summed E-state index contributed by atoms with van der Waals surface area (Å²) in [7, 11) is 0. The van der Waals surface area contributed by atoms with Crippen molar-refractivity contribution in [2.45, 2.75) is 117 Å². The Bertz CT molecular complexity index is 459. The summed E-state index contributed by atoms with van der Waals surface area (Å²) in [6, 6.07) is 0. The molecular formula is C26H46O3. The molecular weight excluding hydrogens is 360 g/mol. The van der Waals surface area contributed by atoms with Gasteiger partial charge < -0.3 is 9.47 Å². The van der Waals surface area contributed by atoms with E-state index in [9.17, 15) is 4.79 Å². The lowest BCUT2D eigenvalue weighted by molar-refractivity contribution is -0.157. The summed E-state index contributed by atoms with van der Waals surface area (Å²) in [4.78, 5) is 12.3. The quantitative estimate of drug-likeness (QED) is 0.142. The number of hydrogen-bond acceptors (Lipinski definition) is 3. The first-order valence-electron chi connectivity index (χ1n) is 12.1. The predicted octanol–water partition coefficient (Wildman–Crippen LogP) is 7.55. The van der Waals surface area contributed by atoms with Gasteiger partial charge in [-0.15, -0.1) is 0 Å². The van der Waals surface area contributed by atoms with Crippen LogP contribution < -0.4 is 0 Å². The molecule has 0 amide bonds. The molecule has 1 heterocycles. The van der Waals surface area contributed by atoms with Crippen molar-refractivity contribution < 1.29 is 14.3 Å². The lowest BCUT2D eigenvalue weighted by atomic mass is 9.87. The Balaban J connectivity index is 1.94. The minimum atomic E-state index is -0.384. The molecule has 1 aliphatic rings. The average molecular weight is 407 g/mol. The molecule has 3 nitrogen and oxygen atoms in total. The van der Waals surface area contributed by atoms with Gasteiger partial charge >= 0.3 is 5.97 Å². The molecule has 1 unspecified atom stereocenters. The molecule has 1 aliphatic heterocycles. The second-order valence-corrected chi connectivity index (χ2v) is 9.10. The number of ether oxygens (including phenoxy) is 2. The fraction of sp³-hybridized carbons (Fsp3) is 0.808. The van der Waals surface area contributed by atoms with E-state index in [1.54, 1.807) is 0 Å². The molecule has 0 spiro atoms. The highest BCUT2D eigenvalue weighted by atomic mass is 16.6. The maximum absolute atomic E-state index is 12.3. The van der Waals surface area contributed by atoms with Gasteiger partial charge in [0.15, 0.2) is 0 Å². The van der Waals surface area contributed by atoms with Crippen LogP contribution in [0.25, 0.3) is 0 Å². The molecule has 0 bridgehead atoms. The van der Waals surface area contributed by atoms with Crippen molar-refractivity contribution in [3.05, 3.63) is 24.3 Å². The molecule has 1 saturated heterocycles. The van der Waals surface area contributed by atoms with E-state index in [1.807, 2.05) is 13.8 Å². The van der Waals surface area contributed by atoms with Gasteiger partial charge in [-0.2, -0.15) is 0 Å². The number of allylic oxidation sites excluding steroid dienone is 4. The van der Waals surface area contributed by atoms with E-state index in [4.69, 9.17) is 9.47 Å². The van der Waals surface area contributed by atoms with Crippen LogP contribution in [0.2, 0.25) is 0 Å². The molecule has 0 aromatic carbocycles.